The van der Waals surface area contributed by atoms with Crippen molar-refractivity contribution >= 4 is 34.1 Å². The Kier molecular flexibility index (Phi) is 5.66. The average Bonchev–Trinajstić information content (AvgIpc) is 3.25. The van der Waals surface area contributed by atoms with Gasteiger partial charge in [-0.15, -0.1) is 16.4 Å². The second-order valence-corrected chi connectivity index (χ2v) is 7.65. The van der Waals surface area contributed by atoms with Crippen LogP contribution in [0.5, 0.6) is 0 Å². The van der Waals surface area contributed by atoms with E-state index in [1.54, 1.807) is 16.6 Å². The van der Waals surface area contributed by atoms with Gasteiger partial charge < -0.3 is 5.32 Å². The predicted molar refractivity (Wildman–Crippen MR) is 114 cm³/mol. The summed E-state index contributed by atoms with van der Waals surface area (Å²) in [6.45, 7) is 4.41. The minimum atomic E-state index is -0.296. The SMILES string of the molecule is Cc1cc(C)nc(NCCCC(=O)Nc2nc3scc(-c4ccc(F)cc4)n3n2)n1. The van der Waals surface area contributed by atoms with Crippen molar-refractivity contribution in [2.45, 2.75) is 26.7 Å². The molecule has 1 amide bonds. The van der Waals surface area contributed by atoms with Crippen molar-refractivity contribution in [3.05, 3.63) is 52.9 Å². The quantitative estimate of drug-likeness (QED) is 0.437. The molecule has 0 aliphatic rings. The highest BCUT2D eigenvalue weighted by molar-refractivity contribution is 7.15. The molecular weight excluding hydrogens is 405 g/mol. The molecule has 8 nitrogen and oxygen atoms in total. The zero-order valence-electron chi connectivity index (χ0n) is 16.5. The Morgan fingerprint density at radius 3 is 2.57 bits per heavy atom. The normalized spacial score (nSPS) is 11.0. The number of fused-ring (bicyclic) bond motifs is 1. The van der Waals surface area contributed by atoms with Gasteiger partial charge in [-0.25, -0.2) is 18.9 Å². The monoisotopic (exact) mass is 425 g/mol. The van der Waals surface area contributed by atoms with Crippen LogP contribution in [0.25, 0.3) is 16.2 Å². The van der Waals surface area contributed by atoms with Crippen molar-refractivity contribution in [3.8, 4) is 11.3 Å². The van der Waals surface area contributed by atoms with Crippen LogP contribution in [-0.4, -0.2) is 37.0 Å². The van der Waals surface area contributed by atoms with Crippen LogP contribution in [0.15, 0.2) is 35.7 Å². The number of carbonyl (C=O) groups excluding carboxylic acids is 1. The maximum Gasteiger partial charge on any atom is 0.250 e. The second-order valence-electron chi connectivity index (χ2n) is 6.81. The summed E-state index contributed by atoms with van der Waals surface area (Å²) in [5.41, 5.74) is 3.41. The summed E-state index contributed by atoms with van der Waals surface area (Å²) >= 11 is 1.40. The van der Waals surface area contributed by atoms with Crippen molar-refractivity contribution in [2.24, 2.45) is 0 Å². The number of nitrogens with one attached hydrogen (secondary N) is 2. The third kappa shape index (κ3) is 4.60. The van der Waals surface area contributed by atoms with Gasteiger partial charge in [0.1, 0.15) is 5.82 Å². The maximum atomic E-state index is 13.2. The Morgan fingerprint density at radius 1 is 1.10 bits per heavy atom. The molecule has 0 spiro atoms. The average molecular weight is 425 g/mol. The van der Waals surface area contributed by atoms with Crippen LogP contribution < -0.4 is 10.6 Å². The molecular formula is C20H20FN7OS. The van der Waals surface area contributed by atoms with Gasteiger partial charge in [0.25, 0.3) is 0 Å². The molecule has 154 valence electrons. The fraction of sp³-hybridized carbons (Fsp3) is 0.250. The third-order valence-corrected chi connectivity index (χ3v) is 5.13. The largest absolute Gasteiger partial charge is 0.354 e. The number of aromatic nitrogens is 5. The van der Waals surface area contributed by atoms with E-state index < -0.39 is 0 Å². The van der Waals surface area contributed by atoms with E-state index in [0.717, 1.165) is 22.6 Å². The number of anilines is 2. The van der Waals surface area contributed by atoms with Gasteiger partial charge in [-0.05, 0) is 50.6 Å². The molecule has 10 heteroatoms. The Bertz CT molecular complexity index is 1170. The molecule has 4 rings (SSSR count). The van der Waals surface area contributed by atoms with Gasteiger partial charge in [0.15, 0.2) is 0 Å². The predicted octanol–water partition coefficient (Wildman–Crippen LogP) is 3.83. The Balaban J connectivity index is 1.32. The first-order chi connectivity index (χ1) is 14.5. The molecule has 0 bridgehead atoms. The van der Waals surface area contributed by atoms with E-state index in [4.69, 9.17) is 0 Å². The molecule has 0 saturated carbocycles. The van der Waals surface area contributed by atoms with Crippen LogP contribution in [0.4, 0.5) is 16.3 Å². The fourth-order valence-corrected chi connectivity index (χ4v) is 3.83. The first kappa shape index (κ1) is 19.9. The molecule has 0 aliphatic carbocycles. The van der Waals surface area contributed by atoms with Crippen LogP contribution in [-0.2, 0) is 4.79 Å². The van der Waals surface area contributed by atoms with Gasteiger partial charge >= 0.3 is 0 Å². The Morgan fingerprint density at radius 2 is 1.83 bits per heavy atom. The summed E-state index contributed by atoms with van der Waals surface area (Å²) in [5.74, 6) is 0.355. The van der Waals surface area contributed by atoms with E-state index in [2.05, 4.69) is 30.7 Å². The molecule has 3 heterocycles. The van der Waals surface area contributed by atoms with E-state index >= 15 is 0 Å². The van der Waals surface area contributed by atoms with Crippen molar-refractivity contribution < 1.29 is 9.18 Å². The summed E-state index contributed by atoms with van der Waals surface area (Å²) in [6, 6.07) is 8.07. The van der Waals surface area contributed by atoms with Crippen molar-refractivity contribution in [3.63, 3.8) is 0 Å². The fourth-order valence-electron chi connectivity index (χ4n) is 2.99. The van der Waals surface area contributed by atoms with Gasteiger partial charge in [-0.3, -0.25) is 10.1 Å². The summed E-state index contributed by atoms with van der Waals surface area (Å²) < 4.78 is 14.8. The van der Waals surface area contributed by atoms with Crippen LogP contribution in [0.1, 0.15) is 24.2 Å². The topological polar surface area (TPSA) is 97.1 Å². The van der Waals surface area contributed by atoms with Gasteiger partial charge in [-0.2, -0.15) is 4.98 Å². The smallest absolute Gasteiger partial charge is 0.250 e. The summed E-state index contributed by atoms with van der Waals surface area (Å²) in [4.78, 5) is 25.8. The molecule has 0 saturated heterocycles. The minimum absolute atomic E-state index is 0.167. The van der Waals surface area contributed by atoms with Crippen LogP contribution >= 0.6 is 11.3 Å². The maximum absolute atomic E-state index is 13.2. The van der Waals surface area contributed by atoms with Crippen molar-refractivity contribution in [1.82, 2.24) is 24.6 Å². The lowest BCUT2D eigenvalue weighted by atomic mass is 10.2. The standard InChI is InChI=1S/C20H20FN7OS/c1-12-10-13(2)24-18(23-12)22-9-3-4-17(29)25-19-26-20-28(27-19)16(11-30-20)14-5-7-15(21)8-6-14/h5-8,10-11H,3-4,9H2,1-2H3,(H,22,23,24)(H,25,27,29). The number of rotatable bonds is 7. The number of hydrogen-bond acceptors (Lipinski definition) is 7. The number of nitrogens with zero attached hydrogens (tertiary/aromatic N) is 5. The molecule has 0 atom stereocenters. The van der Waals surface area contributed by atoms with Crippen molar-refractivity contribution in [1.29, 1.82) is 0 Å². The zero-order chi connectivity index (χ0) is 21.1. The summed E-state index contributed by atoms with van der Waals surface area (Å²) in [6.07, 6.45) is 0.931. The van der Waals surface area contributed by atoms with Gasteiger partial charge in [-0.1, -0.05) is 0 Å². The first-order valence-corrected chi connectivity index (χ1v) is 10.3. The van der Waals surface area contributed by atoms with Gasteiger partial charge in [0.2, 0.25) is 22.8 Å². The molecule has 30 heavy (non-hydrogen) atoms. The molecule has 2 N–H and O–H groups in total. The zero-order valence-corrected chi connectivity index (χ0v) is 17.3. The van der Waals surface area contributed by atoms with E-state index in [9.17, 15) is 9.18 Å². The molecule has 0 aliphatic heterocycles. The third-order valence-electron chi connectivity index (χ3n) is 4.32. The number of carbonyl (C=O) groups is 1. The highest BCUT2D eigenvalue weighted by Crippen LogP contribution is 2.26. The van der Waals surface area contributed by atoms with E-state index in [1.807, 2.05) is 25.3 Å². The minimum Gasteiger partial charge on any atom is -0.354 e. The van der Waals surface area contributed by atoms with Gasteiger partial charge in [0, 0.05) is 35.3 Å². The molecule has 0 radical (unpaired) electrons. The number of benzene rings is 1. The lowest BCUT2D eigenvalue weighted by Gasteiger charge is -2.06. The van der Waals surface area contributed by atoms with E-state index in [1.165, 1.54) is 23.5 Å². The highest BCUT2D eigenvalue weighted by Gasteiger charge is 2.13. The van der Waals surface area contributed by atoms with Crippen LogP contribution in [0.2, 0.25) is 0 Å². The lowest BCUT2D eigenvalue weighted by molar-refractivity contribution is -0.116. The van der Waals surface area contributed by atoms with Crippen molar-refractivity contribution in [2.75, 3.05) is 17.2 Å². The van der Waals surface area contributed by atoms with E-state index in [0.29, 0.717) is 30.3 Å². The first-order valence-electron chi connectivity index (χ1n) is 9.44. The molecule has 0 unspecified atom stereocenters. The van der Waals surface area contributed by atoms with Crippen LogP contribution in [0, 0.1) is 19.7 Å². The second kappa shape index (κ2) is 8.54. The summed E-state index contributed by atoms with van der Waals surface area (Å²) in [5, 5.41) is 12.1. The number of halogens is 1. The van der Waals surface area contributed by atoms with Crippen LogP contribution in [0.3, 0.4) is 0 Å². The van der Waals surface area contributed by atoms with Gasteiger partial charge in [0.05, 0.1) is 5.69 Å². The molecule has 0 fully saturated rings. The summed E-state index contributed by atoms with van der Waals surface area (Å²) in [7, 11) is 0. The highest BCUT2D eigenvalue weighted by atomic mass is 32.1. The molecule has 1 aromatic carbocycles. The Hall–Kier alpha value is -3.40. The number of thiazole rings is 1. The number of amides is 1. The molecule has 3 aromatic heterocycles. The van der Waals surface area contributed by atoms with E-state index in [-0.39, 0.29) is 17.7 Å². The molecule has 4 aromatic rings. The lowest BCUT2D eigenvalue weighted by Crippen LogP contribution is -2.15. The number of aryl methyl sites for hydroxylation is 2. The Labute approximate surface area is 176 Å². The number of hydrogen-bond donors (Lipinski definition) is 2.